The summed E-state index contributed by atoms with van der Waals surface area (Å²) in [7, 11) is 0. The van der Waals surface area contributed by atoms with E-state index in [1.165, 1.54) is 13.8 Å². The van der Waals surface area contributed by atoms with E-state index in [9.17, 15) is 25.5 Å². The van der Waals surface area contributed by atoms with E-state index in [-0.39, 0.29) is 0 Å². The van der Waals surface area contributed by atoms with Crippen LogP contribution in [-0.2, 0) is 14.2 Å². The van der Waals surface area contributed by atoms with E-state index >= 15 is 0 Å². The fraction of sp³-hybridized carbons (Fsp3) is 1.00. The molecule has 4 unspecified atom stereocenters. The Bertz CT molecular complexity index is 352. The van der Waals surface area contributed by atoms with Gasteiger partial charge in [0.1, 0.15) is 30.5 Å². The van der Waals surface area contributed by atoms with Gasteiger partial charge in [0, 0.05) is 0 Å². The zero-order valence-electron chi connectivity index (χ0n) is 11.6. The average molecular weight is 294 g/mol. The van der Waals surface area contributed by atoms with Crippen LogP contribution in [0, 0.1) is 0 Å². The molecule has 0 spiro atoms. The van der Waals surface area contributed by atoms with Gasteiger partial charge in [-0.15, -0.1) is 0 Å². The van der Waals surface area contributed by atoms with Gasteiger partial charge in [-0.3, -0.25) is 0 Å². The molecule has 0 amide bonds. The highest BCUT2D eigenvalue weighted by molar-refractivity contribution is 4.94. The van der Waals surface area contributed by atoms with Gasteiger partial charge in [-0.25, -0.2) is 0 Å². The molecule has 0 aromatic carbocycles. The zero-order chi connectivity index (χ0) is 15.2. The molecule has 8 heteroatoms. The maximum Gasteiger partial charge on any atom is 0.197 e. The van der Waals surface area contributed by atoms with Crippen LogP contribution in [0.1, 0.15) is 20.8 Å². The number of hydrogen-bond acceptors (Lipinski definition) is 8. The minimum Gasteiger partial charge on any atom is -0.388 e. The molecule has 0 bridgehead atoms. The maximum atomic E-state index is 9.94. The van der Waals surface area contributed by atoms with Crippen molar-refractivity contribution in [2.45, 2.75) is 75.6 Å². The van der Waals surface area contributed by atoms with Crippen molar-refractivity contribution >= 4 is 0 Å². The van der Waals surface area contributed by atoms with Crippen LogP contribution in [0.25, 0.3) is 0 Å². The molecule has 2 aliphatic heterocycles. The molecule has 118 valence electrons. The standard InChI is InChI=1S/C12H22O8/c1-4-6(13)8(15)9(16)11(18-4)20-12(3)10(17)7(14)5(2)19-12/h4-11,13-17H,1-3H3/t4?,5-,6-,7?,8?,9?,10-,11+,12+/m1/s1. The smallest absolute Gasteiger partial charge is 0.197 e. The number of rotatable bonds is 2. The average Bonchev–Trinajstić information content (AvgIpc) is 2.57. The van der Waals surface area contributed by atoms with Gasteiger partial charge in [0.05, 0.1) is 12.2 Å². The Morgan fingerprint density at radius 1 is 0.850 bits per heavy atom. The Kier molecular flexibility index (Phi) is 4.39. The minimum atomic E-state index is -1.58. The highest BCUT2D eigenvalue weighted by Gasteiger charge is 2.54. The van der Waals surface area contributed by atoms with Crippen LogP contribution in [0.5, 0.6) is 0 Å². The fourth-order valence-electron chi connectivity index (χ4n) is 2.51. The molecule has 8 nitrogen and oxygen atoms in total. The van der Waals surface area contributed by atoms with Crippen molar-refractivity contribution in [2.24, 2.45) is 0 Å². The lowest BCUT2D eigenvalue weighted by Crippen LogP contribution is -2.60. The molecule has 0 aromatic rings. The molecule has 9 atom stereocenters. The van der Waals surface area contributed by atoms with E-state index in [0.29, 0.717) is 0 Å². The van der Waals surface area contributed by atoms with Gasteiger partial charge in [-0.2, -0.15) is 0 Å². The molecule has 0 aliphatic carbocycles. The summed E-state index contributed by atoms with van der Waals surface area (Å²) < 4.78 is 16.1. The van der Waals surface area contributed by atoms with Crippen molar-refractivity contribution in [3.63, 3.8) is 0 Å². The summed E-state index contributed by atoms with van der Waals surface area (Å²) in [6, 6.07) is 0. The maximum absolute atomic E-state index is 9.94. The van der Waals surface area contributed by atoms with Crippen molar-refractivity contribution in [3.05, 3.63) is 0 Å². The van der Waals surface area contributed by atoms with Crippen molar-refractivity contribution in [2.75, 3.05) is 0 Å². The third-order valence-corrected chi connectivity index (χ3v) is 3.92. The first-order valence-electron chi connectivity index (χ1n) is 6.59. The summed E-state index contributed by atoms with van der Waals surface area (Å²) in [4.78, 5) is 0. The molecule has 2 saturated heterocycles. The lowest BCUT2D eigenvalue weighted by atomic mass is 9.99. The third kappa shape index (κ3) is 2.58. The van der Waals surface area contributed by atoms with Crippen molar-refractivity contribution in [3.8, 4) is 0 Å². The predicted octanol–water partition coefficient (Wildman–Crippen LogP) is -2.31. The molecule has 2 heterocycles. The fourth-order valence-corrected chi connectivity index (χ4v) is 2.51. The second-order valence-electron chi connectivity index (χ2n) is 5.57. The second-order valence-corrected chi connectivity index (χ2v) is 5.57. The first kappa shape index (κ1) is 16.1. The van der Waals surface area contributed by atoms with E-state index in [0.717, 1.165) is 0 Å². The second kappa shape index (κ2) is 5.47. The number of ether oxygens (including phenoxy) is 3. The zero-order valence-corrected chi connectivity index (χ0v) is 11.6. The number of aliphatic hydroxyl groups is 5. The van der Waals surface area contributed by atoms with Crippen molar-refractivity contribution < 1.29 is 39.7 Å². The molecular formula is C12H22O8. The highest BCUT2D eigenvalue weighted by atomic mass is 16.8. The molecule has 0 saturated carbocycles. The molecule has 5 N–H and O–H groups in total. The van der Waals surface area contributed by atoms with Gasteiger partial charge < -0.3 is 39.7 Å². The van der Waals surface area contributed by atoms with Gasteiger partial charge in [0.15, 0.2) is 12.1 Å². The van der Waals surface area contributed by atoms with Gasteiger partial charge in [0.25, 0.3) is 0 Å². The summed E-state index contributed by atoms with van der Waals surface area (Å²) in [6.07, 6.45) is -9.33. The van der Waals surface area contributed by atoms with Crippen LogP contribution < -0.4 is 0 Å². The van der Waals surface area contributed by atoms with E-state index in [2.05, 4.69) is 0 Å². The van der Waals surface area contributed by atoms with Gasteiger partial charge in [-0.1, -0.05) is 0 Å². The number of aliphatic hydroxyl groups excluding tert-OH is 5. The molecule has 0 aromatic heterocycles. The van der Waals surface area contributed by atoms with Crippen molar-refractivity contribution in [1.29, 1.82) is 0 Å². The molecular weight excluding hydrogens is 272 g/mol. The summed E-state index contributed by atoms with van der Waals surface area (Å²) >= 11 is 0. The molecule has 2 fully saturated rings. The first-order valence-corrected chi connectivity index (χ1v) is 6.59. The van der Waals surface area contributed by atoms with Crippen molar-refractivity contribution in [1.82, 2.24) is 0 Å². The predicted molar refractivity (Wildman–Crippen MR) is 64.4 cm³/mol. The lowest BCUT2D eigenvalue weighted by Gasteiger charge is -2.42. The lowest BCUT2D eigenvalue weighted by molar-refractivity contribution is -0.368. The highest BCUT2D eigenvalue weighted by Crippen LogP contribution is 2.35. The summed E-state index contributed by atoms with van der Waals surface area (Å²) in [5, 5.41) is 48.8. The normalized spacial score (nSPS) is 57.0. The largest absolute Gasteiger partial charge is 0.388 e. The number of hydrogen-bond donors (Lipinski definition) is 5. The Morgan fingerprint density at radius 3 is 1.95 bits per heavy atom. The third-order valence-electron chi connectivity index (χ3n) is 3.92. The van der Waals surface area contributed by atoms with E-state index in [1.807, 2.05) is 0 Å². The summed E-state index contributed by atoms with van der Waals surface area (Å²) in [5.41, 5.74) is 0. The first-order chi connectivity index (χ1) is 9.17. The Labute approximate surface area is 116 Å². The molecule has 2 aliphatic rings. The minimum absolute atomic E-state index is 0.649. The summed E-state index contributed by atoms with van der Waals surface area (Å²) in [5.74, 6) is -1.58. The van der Waals surface area contributed by atoms with Crippen LogP contribution in [0.3, 0.4) is 0 Å². The van der Waals surface area contributed by atoms with Gasteiger partial charge in [-0.05, 0) is 20.8 Å². The Balaban J connectivity index is 2.09. The molecule has 2 rings (SSSR count). The molecule has 20 heavy (non-hydrogen) atoms. The Morgan fingerprint density at radius 2 is 1.45 bits per heavy atom. The van der Waals surface area contributed by atoms with Crippen LogP contribution in [-0.4, -0.2) is 80.3 Å². The SMILES string of the molecule is CC1O[C@@H](O[C@]2(C)O[C@H](C)C(O)[C@H]2O)C(O)C(O)[C@@H]1O. The quantitative estimate of drug-likeness (QED) is 0.384. The monoisotopic (exact) mass is 294 g/mol. The molecule has 0 radical (unpaired) electrons. The van der Waals surface area contributed by atoms with E-state index in [4.69, 9.17) is 14.2 Å². The van der Waals surface area contributed by atoms with Gasteiger partial charge in [0.2, 0.25) is 0 Å². The summed E-state index contributed by atoms with van der Waals surface area (Å²) in [6.45, 7) is 4.49. The van der Waals surface area contributed by atoms with E-state index < -0.39 is 54.8 Å². The van der Waals surface area contributed by atoms with Crippen LogP contribution in [0.4, 0.5) is 0 Å². The van der Waals surface area contributed by atoms with Gasteiger partial charge >= 0.3 is 0 Å². The van der Waals surface area contributed by atoms with Crippen LogP contribution in [0.2, 0.25) is 0 Å². The topological polar surface area (TPSA) is 129 Å². The van der Waals surface area contributed by atoms with E-state index in [1.54, 1.807) is 6.92 Å². The Hall–Kier alpha value is -0.320. The van der Waals surface area contributed by atoms with Crippen LogP contribution >= 0.6 is 0 Å². The van der Waals surface area contributed by atoms with Crippen LogP contribution in [0.15, 0.2) is 0 Å².